The number of carbonyl (C=O) groups is 4. The predicted octanol–water partition coefficient (Wildman–Crippen LogP) is 3.25. The number of β-lactam (4-membered cyclic amide) rings is 1. The highest BCUT2D eigenvalue weighted by Gasteiger charge is 2.53. The van der Waals surface area contributed by atoms with Gasteiger partial charge in [-0.3, -0.25) is 14.4 Å². The lowest BCUT2D eigenvalue weighted by molar-refractivity contribution is -0.167. The van der Waals surface area contributed by atoms with E-state index in [-0.39, 0.29) is 24.2 Å². The van der Waals surface area contributed by atoms with Gasteiger partial charge in [-0.1, -0.05) is 84.9 Å². The molecule has 3 atom stereocenters. The summed E-state index contributed by atoms with van der Waals surface area (Å²) in [7, 11) is 0. The van der Waals surface area contributed by atoms with E-state index in [1.807, 2.05) is 72.8 Å². The average molecular weight is 510 g/mol. The van der Waals surface area contributed by atoms with E-state index in [0.29, 0.717) is 0 Å². The molecular weight excluding hydrogens is 482 g/mol. The number of fused-ring (bicyclic) bond motifs is 1. The number of hydrogen-bond donors (Lipinski definition) is 1. The molecule has 1 N–H and O–H groups in total. The summed E-state index contributed by atoms with van der Waals surface area (Å²) in [6.45, 7) is 1.89. The van der Waals surface area contributed by atoms with E-state index in [1.54, 1.807) is 31.2 Å². The predicted molar refractivity (Wildman–Crippen MR) is 141 cm³/mol. The number of nitrogens with one attached hydrogen (secondary N) is 1. The van der Waals surface area contributed by atoms with Crippen LogP contribution in [-0.4, -0.2) is 58.3 Å². The van der Waals surface area contributed by atoms with Crippen LogP contribution in [0.5, 0.6) is 0 Å². The van der Waals surface area contributed by atoms with Crippen LogP contribution in [0.2, 0.25) is 0 Å². The van der Waals surface area contributed by atoms with Gasteiger partial charge < -0.3 is 9.64 Å². The van der Waals surface area contributed by atoms with Gasteiger partial charge in [0.2, 0.25) is 5.91 Å². The summed E-state index contributed by atoms with van der Waals surface area (Å²) >= 11 is 0. The van der Waals surface area contributed by atoms with Crippen LogP contribution in [0.15, 0.2) is 91.0 Å². The summed E-state index contributed by atoms with van der Waals surface area (Å²) in [6.07, 6.45) is 3.93. The van der Waals surface area contributed by atoms with Gasteiger partial charge in [0.1, 0.15) is 12.1 Å². The SMILES string of the molecule is CCOC(=O)C(Cc1ccccc1)N1C(=O)C(NN2C(=O)c3ccccc3C2=O)C1/C=C/c1ccccc1. The van der Waals surface area contributed by atoms with Gasteiger partial charge in [-0.05, 0) is 30.2 Å². The number of likely N-dealkylation sites (tertiary alicyclic amines) is 1. The normalized spacial score (nSPS) is 19.4. The second-order valence-corrected chi connectivity index (χ2v) is 9.06. The molecule has 0 spiro atoms. The van der Waals surface area contributed by atoms with E-state index in [2.05, 4.69) is 5.43 Å². The summed E-state index contributed by atoms with van der Waals surface area (Å²) in [5.74, 6) is -1.96. The van der Waals surface area contributed by atoms with Gasteiger partial charge in [0.25, 0.3) is 11.8 Å². The summed E-state index contributed by atoms with van der Waals surface area (Å²) in [5, 5.41) is 0.893. The number of amides is 3. The average Bonchev–Trinajstić information content (AvgIpc) is 3.19. The van der Waals surface area contributed by atoms with Crippen molar-refractivity contribution in [2.45, 2.75) is 31.5 Å². The lowest BCUT2D eigenvalue weighted by Gasteiger charge is -2.49. The van der Waals surface area contributed by atoms with Gasteiger partial charge >= 0.3 is 5.97 Å². The molecule has 8 nitrogen and oxygen atoms in total. The molecule has 0 aromatic heterocycles. The fourth-order valence-corrected chi connectivity index (χ4v) is 4.82. The van der Waals surface area contributed by atoms with Crippen LogP contribution in [0, 0.1) is 0 Å². The molecule has 3 unspecified atom stereocenters. The second kappa shape index (κ2) is 10.8. The van der Waals surface area contributed by atoms with Crippen LogP contribution < -0.4 is 5.43 Å². The molecule has 0 radical (unpaired) electrons. The third kappa shape index (κ3) is 4.73. The van der Waals surface area contributed by atoms with Crippen molar-refractivity contribution in [3.05, 3.63) is 113 Å². The van der Waals surface area contributed by atoms with E-state index in [1.165, 1.54) is 4.90 Å². The number of imide groups is 1. The van der Waals surface area contributed by atoms with E-state index in [0.717, 1.165) is 16.1 Å². The van der Waals surface area contributed by atoms with Crippen molar-refractivity contribution in [1.29, 1.82) is 0 Å². The molecule has 2 aliphatic rings. The van der Waals surface area contributed by atoms with Gasteiger partial charge in [-0.2, -0.15) is 0 Å². The molecule has 3 aromatic rings. The van der Waals surface area contributed by atoms with Gasteiger partial charge in [-0.25, -0.2) is 15.2 Å². The van der Waals surface area contributed by atoms with Gasteiger partial charge in [0.05, 0.1) is 23.8 Å². The lowest BCUT2D eigenvalue weighted by atomic mass is 9.89. The number of ether oxygens (including phenoxy) is 1. The highest BCUT2D eigenvalue weighted by Crippen LogP contribution is 2.30. The van der Waals surface area contributed by atoms with Crippen LogP contribution in [-0.2, 0) is 20.7 Å². The molecule has 1 saturated heterocycles. The molecule has 0 bridgehead atoms. The molecular formula is C30H27N3O5. The number of hydrogen-bond acceptors (Lipinski definition) is 6. The summed E-state index contributed by atoms with van der Waals surface area (Å²) in [5.41, 5.74) is 5.19. The quantitative estimate of drug-likeness (QED) is 0.270. The Morgan fingerprint density at radius 2 is 1.47 bits per heavy atom. The molecule has 0 aliphatic carbocycles. The van der Waals surface area contributed by atoms with Crippen molar-refractivity contribution in [1.82, 2.24) is 15.3 Å². The summed E-state index contributed by atoms with van der Waals surface area (Å²) < 4.78 is 5.34. The highest BCUT2D eigenvalue weighted by atomic mass is 16.5. The first-order valence-electron chi connectivity index (χ1n) is 12.5. The van der Waals surface area contributed by atoms with E-state index in [9.17, 15) is 19.2 Å². The Morgan fingerprint density at radius 1 is 0.895 bits per heavy atom. The van der Waals surface area contributed by atoms with Gasteiger partial charge in [0.15, 0.2) is 0 Å². The Morgan fingerprint density at radius 3 is 2.08 bits per heavy atom. The number of rotatable bonds is 9. The van der Waals surface area contributed by atoms with Crippen molar-refractivity contribution in [2.75, 3.05) is 6.61 Å². The van der Waals surface area contributed by atoms with Crippen molar-refractivity contribution in [3.63, 3.8) is 0 Å². The highest BCUT2D eigenvalue weighted by molar-refractivity contribution is 6.21. The molecule has 1 fully saturated rings. The Balaban J connectivity index is 1.45. The van der Waals surface area contributed by atoms with Crippen LogP contribution in [0.3, 0.4) is 0 Å². The number of carbonyl (C=O) groups excluding carboxylic acids is 4. The first-order valence-corrected chi connectivity index (χ1v) is 12.5. The van der Waals surface area contributed by atoms with Crippen molar-refractivity contribution >= 4 is 29.8 Å². The van der Waals surface area contributed by atoms with E-state index >= 15 is 0 Å². The smallest absolute Gasteiger partial charge is 0.329 e. The van der Waals surface area contributed by atoms with Crippen molar-refractivity contribution in [3.8, 4) is 0 Å². The van der Waals surface area contributed by atoms with Crippen LogP contribution >= 0.6 is 0 Å². The lowest BCUT2D eigenvalue weighted by Crippen LogP contribution is -2.75. The minimum Gasteiger partial charge on any atom is -0.464 e. The summed E-state index contributed by atoms with van der Waals surface area (Å²) in [6, 6.07) is 23.0. The largest absolute Gasteiger partial charge is 0.464 e. The Bertz CT molecular complexity index is 1350. The Kier molecular flexibility index (Phi) is 7.15. The third-order valence-electron chi connectivity index (χ3n) is 6.70. The summed E-state index contributed by atoms with van der Waals surface area (Å²) in [4.78, 5) is 54.0. The molecule has 2 aliphatic heterocycles. The van der Waals surface area contributed by atoms with Crippen molar-refractivity contribution < 1.29 is 23.9 Å². The van der Waals surface area contributed by atoms with E-state index in [4.69, 9.17) is 4.74 Å². The zero-order chi connectivity index (χ0) is 26.6. The first kappa shape index (κ1) is 25.1. The molecule has 8 heteroatoms. The van der Waals surface area contributed by atoms with Crippen molar-refractivity contribution in [2.24, 2.45) is 0 Å². The molecule has 38 heavy (non-hydrogen) atoms. The van der Waals surface area contributed by atoms with Crippen LogP contribution in [0.4, 0.5) is 0 Å². The minimum absolute atomic E-state index is 0.174. The molecule has 5 rings (SSSR count). The molecule has 2 heterocycles. The second-order valence-electron chi connectivity index (χ2n) is 9.06. The number of benzene rings is 3. The number of hydrazine groups is 1. The van der Waals surface area contributed by atoms with Crippen LogP contribution in [0.1, 0.15) is 38.8 Å². The maximum atomic E-state index is 13.6. The van der Waals surface area contributed by atoms with Crippen LogP contribution in [0.25, 0.3) is 6.08 Å². The van der Waals surface area contributed by atoms with Gasteiger partial charge in [0, 0.05) is 6.42 Å². The van der Waals surface area contributed by atoms with E-state index < -0.39 is 41.8 Å². The van der Waals surface area contributed by atoms with Gasteiger partial charge in [-0.15, -0.1) is 0 Å². The fourth-order valence-electron chi connectivity index (χ4n) is 4.82. The molecule has 3 amide bonds. The maximum Gasteiger partial charge on any atom is 0.329 e. The topological polar surface area (TPSA) is 96.0 Å². The Hall–Kier alpha value is -4.56. The molecule has 0 saturated carbocycles. The minimum atomic E-state index is -0.926. The zero-order valence-electron chi connectivity index (χ0n) is 20.8. The fraction of sp³-hybridized carbons (Fsp3) is 0.200. The first-order chi connectivity index (χ1) is 18.5. The monoisotopic (exact) mass is 509 g/mol. The molecule has 3 aromatic carbocycles. The number of nitrogens with zero attached hydrogens (tertiary/aromatic N) is 2. The maximum absolute atomic E-state index is 13.6. The third-order valence-corrected chi connectivity index (χ3v) is 6.70. The molecule has 192 valence electrons. The standard InChI is InChI=1S/C30H27N3O5/c1-2-38-30(37)25(19-21-13-7-4-8-14-21)32-24(18-17-20-11-5-3-6-12-20)26(29(32)36)31-33-27(34)22-15-9-10-16-23(22)28(33)35/h3-18,24-26,31H,2,19H2,1H3/b18-17+. The Labute approximate surface area is 220 Å². The zero-order valence-corrected chi connectivity index (χ0v) is 20.8. The number of esters is 1.